The number of esters is 1. The summed E-state index contributed by atoms with van der Waals surface area (Å²) in [5.74, 6) is 1.76. The van der Waals surface area contributed by atoms with E-state index in [0.29, 0.717) is 23.0 Å². The Morgan fingerprint density at radius 3 is 2.96 bits per heavy atom. The summed E-state index contributed by atoms with van der Waals surface area (Å²) in [7, 11) is 1.42. The molecule has 0 bridgehead atoms. The van der Waals surface area contributed by atoms with Gasteiger partial charge in [-0.15, -0.1) is 0 Å². The van der Waals surface area contributed by atoms with Crippen molar-refractivity contribution in [1.82, 2.24) is 10.2 Å². The Bertz CT molecular complexity index is 931. The normalized spacial score (nSPS) is 19.5. The Hall–Kier alpha value is -2.57. The predicted octanol–water partition coefficient (Wildman–Crippen LogP) is 3.61. The fourth-order valence-electron chi connectivity index (χ4n) is 3.59. The number of carbonyl (C=O) groups is 1. The van der Waals surface area contributed by atoms with Crippen LogP contribution in [0.15, 0.2) is 47.5 Å². The van der Waals surface area contributed by atoms with E-state index < -0.39 is 0 Å². The summed E-state index contributed by atoms with van der Waals surface area (Å²) in [6, 6.07) is 13.3. The van der Waals surface area contributed by atoms with Crippen molar-refractivity contribution in [3.05, 3.63) is 53.1 Å². The summed E-state index contributed by atoms with van der Waals surface area (Å²) in [6.45, 7) is 4.04. The smallest absolute Gasteiger partial charge is 0.310 e. The molecule has 0 spiro atoms. The van der Waals surface area contributed by atoms with E-state index in [-0.39, 0.29) is 17.9 Å². The van der Waals surface area contributed by atoms with Crippen LogP contribution in [0, 0.1) is 5.92 Å². The number of rotatable bonds is 2. The third-order valence-corrected chi connectivity index (χ3v) is 5.41. The number of fused-ring (bicyclic) bond motifs is 2. The lowest BCUT2D eigenvalue weighted by Gasteiger charge is -2.37. The standard InChI is InChI=1S/C21H22ClN3O3/c1-13(21(26)27-2)17-12-25(10-9-23-17)20-15-5-3-4-6-18(15)28-19-8-7-14(22)11-16(19)24-20/h3-8,11,13,17,23H,9-10,12H2,1-2H3/t13?,17-/m1/s1. The van der Waals surface area contributed by atoms with Crippen molar-refractivity contribution in [3.8, 4) is 11.5 Å². The van der Waals surface area contributed by atoms with Crippen LogP contribution < -0.4 is 10.1 Å². The Morgan fingerprint density at radius 1 is 1.32 bits per heavy atom. The topological polar surface area (TPSA) is 63.2 Å². The monoisotopic (exact) mass is 399 g/mol. The summed E-state index contributed by atoms with van der Waals surface area (Å²) in [6.07, 6.45) is 0. The molecule has 0 aliphatic carbocycles. The number of hydrogen-bond acceptors (Lipinski definition) is 6. The van der Waals surface area contributed by atoms with Gasteiger partial charge < -0.3 is 19.7 Å². The van der Waals surface area contributed by atoms with Crippen molar-refractivity contribution in [2.45, 2.75) is 13.0 Å². The van der Waals surface area contributed by atoms with Crippen molar-refractivity contribution in [2.75, 3.05) is 26.7 Å². The van der Waals surface area contributed by atoms with Gasteiger partial charge in [0.15, 0.2) is 5.75 Å². The van der Waals surface area contributed by atoms with Gasteiger partial charge in [0.1, 0.15) is 17.3 Å². The minimum Gasteiger partial charge on any atom is -0.469 e. The number of piperazine rings is 1. The lowest BCUT2D eigenvalue weighted by atomic mass is 9.99. The highest BCUT2D eigenvalue weighted by Crippen LogP contribution is 2.39. The van der Waals surface area contributed by atoms with Crippen LogP contribution >= 0.6 is 11.6 Å². The first-order chi connectivity index (χ1) is 13.6. The quantitative estimate of drug-likeness (QED) is 0.781. The van der Waals surface area contributed by atoms with E-state index in [2.05, 4.69) is 10.2 Å². The third kappa shape index (κ3) is 3.57. The minimum absolute atomic E-state index is 0.0286. The van der Waals surface area contributed by atoms with E-state index in [4.69, 9.17) is 26.1 Å². The first-order valence-corrected chi connectivity index (χ1v) is 9.66. The Morgan fingerprint density at radius 2 is 2.14 bits per heavy atom. The second kappa shape index (κ2) is 7.81. The van der Waals surface area contributed by atoms with Crippen molar-refractivity contribution < 1.29 is 14.3 Å². The highest BCUT2D eigenvalue weighted by Gasteiger charge is 2.32. The fourth-order valence-corrected chi connectivity index (χ4v) is 3.76. The number of hydrogen-bond donors (Lipinski definition) is 1. The third-order valence-electron chi connectivity index (χ3n) is 5.18. The number of amidine groups is 1. The predicted molar refractivity (Wildman–Crippen MR) is 109 cm³/mol. The average Bonchev–Trinajstić information content (AvgIpc) is 2.89. The van der Waals surface area contributed by atoms with Crippen LogP contribution in [0.25, 0.3) is 0 Å². The number of nitrogens with one attached hydrogen (secondary N) is 1. The Labute approximate surface area is 169 Å². The second-order valence-electron chi connectivity index (χ2n) is 6.96. The number of halogens is 1. The lowest BCUT2D eigenvalue weighted by molar-refractivity contribution is -0.146. The molecule has 6 nitrogen and oxygen atoms in total. The maximum Gasteiger partial charge on any atom is 0.310 e. The van der Waals surface area contributed by atoms with Gasteiger partial charge in [-0.3, -0.25) is 4.79 Å². The Kier molecular flexibility index (Phi) is 5.24. The van der Waals surface area contributed by atoms with Crippen molar-refractivity contribution in [2.24, 2.45) is 10.9 Å². The molecule has 146 valence electrons. The molecule has 1 unspecified atom stereocenters. The number of methoxy groups -OCH3 is 1. The van der Waals surface area contributed by atoms with Gasteiger partial charge >= 0.3 is 5.97 Å². The summed E-state index contributed by atoms with van der Waals surface area (Å²) in [4.78, 5) is 19.1. The van der Waals surface area contributed by atoms with E-state index in [1.165, 1.54) is 7.11 Å². The van der Waals surface area contributed by atoms with E-state index in [1.54, 1.807) is 12.1 Å². The lowest BCUT2D eigenvalue weighted by Crippen LogP contribution is -2.56. The number of para-hydroxylation sites is 1. The van der Waals surface area contributed by atoms with E-state index in [0.717, 1.165) is 30.2 Å². The van der Waals surface area contributed by atoms with Crippen LogP contribution in [-0.2, 0) is 9.53 Å². The zero-order valence-corrected chi connectivity index (χ0v) is 16.6. The number of nitrogens with zero attached hydrogens (tertiary/aromatic N) is 2. The van der Waals surface area contributed by atoms with Gasteiger partial charge in [-0.1, -0.05) is 30.7 Å². The van der Waals surface area contributed by atoms with Crippen LogP contribution in [0.1, 0.15) is 12.5 Å². The number of carbonyl (C=O) groups excluding carboxylic acids is 1. The Balaban J connectivity index is 1.73. The molecule has 0 aromatic heterocycles. The number of aliphatic imine (C=N–C) groups is 1. The number of ether oxygens (including phenoxy) is 2. The molecule has 0 amide bonds. The zero-order valence-electron chi connectivity index (χ0n) is 15.8. The van der Waals surface area contributed by atoms with Gasteiger partial charge in [-0.2, -0.15) is 0 Å². The van der Waals surface area contributed by atoms with Crippen molar-refractivity contribution >= 4 is 29.1 Å². The van der Waals surface area contributed by atoms with Crippen LogP contribution in [-0.4, -0.2) is 49.5 Å². The van der Waals surface area contributed by atoms with Gasteiger partial charge in [0, 0.05) is 30.7 Å². The summed E-state index contributed by atoms with van der Waals surface area (Å²) >= 11 is 6.19. The van der Waals surface area contributed by atoms with Crippen LogP contribution in [0.5, 0.6) is 11.5 Å². The summed E-state index contributed by atoms with van der Waals surface area (Å²) in [5, 5.41) is 4.03. The average molecular weight is 400 g/mol. The molecule has 1 N–H and O–H groups in total. The largest absolute Gasteiger partial charge is 0.469 e. The highest BCUT2D eigenvalue weighted by atomic mass is 35.5. The van der Waals surface area contributed by atoms with Gasteiger partial charge in [-0.25, -0.2) is 4.99 Å². The maximum absolute atomic E-state index is 12.0. The molecule has 28 heavy (non-hydrogen) atoms. The molecule has 0 radical (unpaired) electrons. The van der Waals surface area contributed by atoms with Crippen LogP contribution in [0.3, 0.4) is 0 Å². The first kappa shape index (κ1) is 18.8. The van der Waals surface area contributed by atoms with Crippen molar-refractivity contribution in [1.29, 1.82) is 0 Å². The van der Waals surface area contributed by atoms with E-state index in [9.17, 15) is 4.79 Å². The molecule has 0 saturated carbocycles. The molecule has 2 aliphatic rings. The molecular weight excluding hydrogens is 378 g/mol. The molecule has 2 aromatic carbocycles. The van der Waals surface area contributed by atoms with E-state index >= 15 is 0 Å². The summed E-state index contributed by atoms with van der Waals surface area (Å²) < 4.78 is 11.0. The van der Waals surface area contributed by atoms with Crippen molar-refractivity contribution in [3.63, 3.8) is 0 Å². The van der Waals surface area contributed by atoms with Gasteiger partial charge in [0.2, 0.25) is 0 Å². The fraction of sp³-hybridized carbons (Fsp3) is 0.333. The molecule has 2 aromatic rings. The van der Waals surface area contributed by atoms with Gasteiger partial charge in [0.05, 0.1) is 18.6 Å². The molecule has 2 atom stereocenters. The molecular formula is C21H22ClN3O3. The molecule has 1 saturated heterocycles. The highest BCUT2D eigenvalue weighted by molar-refractivity contribution is 6.31. The first-order valence-electron chi connectivity index (χ1n) is 9.28. The maximum atomic E-state index is 12.0. The van der Waals surface area contributed by atoms with Gasteiger partial charge in [0.25, 0.3) is 0 Å². The molecule has 2 aliphatic heterocycles. The second-order valence-corrected chi connectivity index (χ2v) is 7.40. The SMILES string of the molecule is COC(=O)C(C)[C@H]1CN(C2=Nc3cc(Cl)ccc3Oc3ccccc32)CCN1. The van der Waals surface area contributed by atoms with Gasteiger partial charge in [-0.05, 0) is 30.3 Å². The van der Waals surface area contributed by atoms with Crippen LogP contribution in [0.2, 0.25) is 5.02 Å². The minimum atomic E-state index is -0.257. The molecule has 7 heteroatoms. The molecule has 2 heterocycles. The molecule has 1 fully saturated rings. The number of benzene rings is 2. The van der Waals surface area contributed by atoms with E-state index in [1.807, 2.05) is 37.3 Å². The summed E-state index contributed by atoms with van der Waals surface area (Å²) in [5.41, 5.74) is 1.61. The zero-order chi connectivity index (χ0) is 19.7. The van der Waals surface area contributed by atoms with Crippen LogP contribution in [0.4, 0.5) is 5.69 Å². The molecule has 4 rings (SSSR count).